The van der Waals surface area contributed by atoms with Gasteiger partial charge in [0.2, 0.25) is 5.91 Å². The molecule has 0 aliphatic heterocycles. The van der Waals surface area contributed by atoms with E-state index in [0.29, 0.717) is 17.8 Å². The number of methoxy groups -OCH3 is 1. The van der Waals surface area contributed by atoms with Crippen LogP contribution in [0.15, 0.2) is 29.1 Å². The van der Waals surface area contributed by atoms with Crippen molar-refractivity contribution in [2.45, 2.75) is 39.8 Å². The van der Waals surface area contributed by atoms with E-state index in [0.717, 1.165) is 21.0 Å². The molecule has 142 valence electrons. The molecule has 0 aliphatic carbocycles. The Labute approximate surface area is 161 Å². The number of aryl methyl sites for hydroxylation is 1. The van der Waals surface area contributed by atoms with Gasteiger partial charge >= 0.3 is 0 Å². The van der Waals surface area contributed by atoms with E-state index in [-0.39, 0.29) is 23.9 Å². The van der Waals surface area contributed by atoms with Crippen LogP contribution in [0.4, 0.5) is 0 Å². The number of amides is 1. The smallest absolute Gasteiger partial charge is 0.294 e. The highest BCUT2D eigenvalue weighted by molar-refractivity contribution is 7.18. The number of hydrogen-bond donors (Lipinski definition) is 1. The second-order valence-electron chi connectivity index (χ2n) is 6.56. The lowest BCUT2D eigenvalue weighted by atomic mass is 10.2. The van der Waals surface area contributed by atoms with Crippen molar-refractivity contribution in [3.05, 3.63) is 50.9 Å². The third-order valence-corrected chi connectivity index (χ3v) is 5.58. The van der Waals surface area contributed by atoms with E-state index >= 15 is 0 Å². The minimum Gasteiger partial charge on any atom is -0.497 e. The van der Waals surface area contributed by atoms with Gasteiger partial charge in [-0.25, -0.2) is 9.67 Å². The van der Waals surface area contributed by atoms with Gasteiger partial charge in [-0.05, 0) is 24.6 Å². The zero-order chi connectivity index (χ0) is 19.6. The highest BCUT2D eigenvalue weighted by Crippen LogP contribution is 2.26. The Hall–Kier alpha value is -2.74. The third kappa shape index (κ3) is 4.16. The van der Waals surface area contributed by atoms with Crippen LogP contribution < -0.4 is 15.6 Å². The first-order valence-electron chi connectivity index (χ1n) is 8.66. The summed E-state index contributed by atoms with van der Waals surface area (Å²) in [5.74, 6) is 0.717. The van der Waals surface area contributed by atoms with E-state index < -0.39 is 0 Å². The average Bonchev–Trinajstić information content (AvgIpc) is 3.11. The van der Waals surface area contributed by atoms with Gasteiger partial charge in [-0.1, -0.05) is 26.0 Å². The predicted octanol–water partition coefficient (Wildman–Crippen LogP) is 2.61. The molecule has 0 saturated carbocycles. The topological polar surface area (TPSA) is 86.1 Å². The Balaban J connectivity index is 1.74. The Morgan fingerprint density at radius 1 is 1.30 bits per heavy atom. The van der Waals surface area contributed by atoms with Crippen LogP contribution >= 0.6 is 11.3 Å². The van der Waals surface area contributed by atoms with Crippen molar-refractivity contribution in [1.82, 2.24) is 20.1 Å². The van der Waals surface area contributed by atoms with E-state index in [1.165, 1.54) is 16.0 Å². The number of nitrogens with zero attached hydrogens (tertiary/aromatic N) is 3. The molecule has 0 spiro atoms. The van der Waals surface area contributed by atoms with Crippen molar-refractivity contribution in [2.24, 2.45) is 0 Å². The first-order chi connectivity index (χ1) is 12.9. The summed E-state index contributed by atoms with van der Waals surface area (Å²) in [5, 5.41) is 7.99. The number of fused-ring (bicyclic) bond motifs is 1. The lowest BCUT2D eigenvalue weighted by molar-refractivity contribution is -0.122. The van der Waals surface area contributed by atoms with Crippen molar-refractivity contribution in [2.75, 3.05) is 7.11 Å². The zero-order valence-corrected chi connectivity index (χ0v) is 16.6. The monoisotopic (exact) mass is 386 g/mol. The van der Waals surface area contributed by atoms with Crippen molar-refractivity contribution >= 4 is 27.5 Å². The molecule has 0 aliphatic rings. The number of ether oxygens (including phenoxy) is 1. The summed E-state index contributed by atoms with van der Waals surface area (Å²) in [6.07, 6.45) is 0. The molecule has 3 rings (SSSR count). The average molecular weight is 386 g/mol. The van der Waals surface area contributed by atoms with Crippen LogP contribution in [0.2, 0.25) is 0 Å². The van der Waals surface area contributed by atoms with Gasteiger partial charge in [-0.15, -0.1) is 11.3 Å². The maximum absolute atomic E-state index is 12.6. The van der Waals surface area contributed by atoms with Gasteiger partial charge in [0.25, 0.3) is 5.56 Å². The third-order valence-electron chi connectivity index (χ3n) is 4.12. The SMILES string of the molecule is COc1ccc(CNC(=O)Cn2nc(C)c3sc(C(C)C)nc3c2=O)cc1. The second-order valence-corrected chi connectivity index (χ2v) is 7.59. The number of hydrogen-bond acceptors (Lipinski definition) is 6. The number of benzene rings is 1. The van der Waals surface area contributed by atoms with E-state index in [4.69, 9.17) is 4.74 Å². The first kappa shape index (κ1) is 19.0. The molecule has 7 nitrogen and oxygen atoms in total. The zero-order valence-electron chi connectivity index (χ0n) is 15.8. The minimum absolute atomic E-state index is 0.139. The molecule has 0 radical (unpaired) electrons. The van der Waals surface area contributed by atoms with Crippen LogP contribution in [0, 0.1) is 6.92 Å². The molecule has 1 amide bonds. The summed E-state index contributed by atoms with van der Waals surface area (Å²) < 4.78 is 7.09. The molecule has 0 fully saturated rings. The molecule has 3 aromatic rings. The number of aromatic nitrogens is 3. The van der Waals surface area contributed by atoms with E-state index in [1.54, 1.807) is 7.11 Å². The van der Waals surface area contributed by atoms with Gasteiger partial charge in [0.15, 0.2) is 5.52 Å². The summed E-state index contributed by atoms with van der Waals surface area (Å²) in [6, 6.07) is 7.42. The molecule has 0 bridgehead atoms. The quantitative estimate of drug-likeness (QED) is 0.704. The normalized spacial score (nSPS) is 11.1. The highest BCUT2D eigenvalue weighted by Gasteiger charge is 2.16. The van der Waals surface area contributed by atoms with E-state index in [9.17, 15) is 9.59 Å². The van der Waals surface area contributed by atoms with E-state index in [1.807, 2.05) is 45.0 Å². The molecular formula is C19H22N4O3S. The lowest BCUT2D eigenvalue weighted by Crippen LogP contribution is -2.33. The van der Waals surface area contributed by atoms with Crippen molar-refractivity contribution in [3.8, 4) is 5.75 Å². The van der Waals surface area contributed by atoms with Gasteiger partial charge < -0.3 is 10.1 Å². The predicted molar refractivity (Wildman–Crippen MR) is 105 cm³/mol. The largest absolute Gasteiger partial charge is 0.497 e. The number of carbonyl (C=O) groups is 1. The second kappa shape index (κ2) is 7.87. The molecule has 0 saturated heterocycles. The molecular weight excluding hydrogens is 364 g/mol. The molecule has 1 aromatic carbocycles. The van der Waals surface area contributed by atoms with Crippen molar-refractivity contribution in [1.29, 1.82) is 0 Å². The molecule has 2 aromatic heterocycles. The summed E-state index contributed by atoms with van der Waals surface area (Å²) in [7, 11) is 1.60. The lowest BCUT2D eigenvalue weighted by Gasteiger charge is -2.08. The van der Waals surface area contributed by atoms with Gasteiger partial charge in [-0.3, -0.25) is 9.59 Å². The van der Waals surface area contributed by atoms with Crippen LogP contribution in [0.3, 0.4) is 0 Å². The van der Waals surface area contributed by atoms with Gasteiger partial charge in [-0.2, -0.15) is 5.10 Å². The fourth-order valence-electron chi connectivity index (χ4n) is 2.61. The van der Waals surface area contributed by atoms with E-state index in [2.05, 4.69) is 15.4 Å². The Bertz CT molecular complexity index is 1020. The number of thiazole rings is 1. The maximum atomic E-state index is 12.6. The summed E-state index contributed by atoms with van der Waals surface area (Å²) in [6.45, 7) is 6.13. The highest BCUT2D eigenvalue weighted by atomic mass is 32.1. The van der Waals surface area contributed by atoms with Gasteiger partial charge in [0.1, 0.15) is 12.3 Å². The first-order valence-corrected chi connectivity index (χ1v) is 9.48. The molecule has 2 heterocycles. The Morgan fingerprint density at radius 3 is 2.63 bits per heavy atom. The number of rotatable bonds is 6. The van der Waals surface area contributed by atoms with Crippen LogP contribution in [0.1, 0.15) is 36.0 Å². The summed E-state index contributed by atoms with van der Waals surface area (Å²) in [4.78, 5) is 29.4. The fraction of sp³-hybridized carbons (Fsp3) is 0.368. The van der Waals surface area contributed by atoms with Crippen molar-refractivity contribution < 1.29 is 9.53 Å². The molecule has 8 heteroatoms. The number of nitrogens with one attached hydrogen (secondary N) is 1. The Kier molecular flexibility index (Phi) is 5.55. The van der Waals surface area contributed by atoms with Crippen LogP contribution in [0.25, 0.3) is 10.2 Å². The van der Waals surface area contributed by atoms with Crippen LogP contribution in [0.5, 0.6) is 5.75 Å². The minimum atomic E-state index is -0.335. The Morgan fingerprint density at radius 2 is 2.00 bits per heavy atom. The molecule has 0 atom stereocenters. The maximum Gasteiger partial charge on any atom is 0.294 e. The fourth-order valence-corrected chi connectivity index (χ4v) is 3.61. The molecule has 1 N–H and O–H groups in total. The summed E-state index contributed by atoms with van der Waals surface area (Å²) >= 11 is 1.49. The van der Waals surface area contributed by atoms with Gasteiger partial charge in [0, 0.05) is 12.5 Å². The number of carbonyl (C=O) groups excluding carboxylic acids is 1. The van der Waals surface area contributed by atoms with Gasteiger partial charge in [0.05, 0.1) is 22.5 Å². The summed E-state index contributed by atoms with van der Waals surface area (Å²) in [5.41, 5.74) is 1.70. The van der Waals surface area contributed by atoms with Crippen LogP contribution in [-0.2, 0) is 17.9 Å². The molecule has 27 heavy (non-hydrogen) atoms. The van der Waals surface area contributed by atoms with Crippen LogP contribution in [-0.4, -0.2) is 27.8 Å². The van der Waals surface area contributed by atoms with Crippen molar-refractivity contribution in [3.63, 3.8) is 0 Å². The molecule has 0 unspecified atom stereocenters. The standard InChI is InChI=1S/C19H22N4O3S/c1-11(2)18-21-16-17(27-18)12(3)22-23(19(16)25)10-15(24)20-9-13-5-7-14(26-4)8-6-13/h5-8,11H,9-10H2,1-4H3,(H,20,24).